The van der Waals surface area contributed by atoms with Gasteiger partial charge < -0.3 is 14.8 Å². The number of nitrogens with zero attached hydrogens (tertiary/aromatic N) is 1. The molecule has 1 heterocycles. The van der Waals surface area contributed by atoms with E-state index < -0.39 is 0 Å². The molecule has 0 spiro atoms. The summed E-state index contributed by atoms with van der Waals surface area (Å²) in [6.07, 6.45) is 0. The monoisotopic (exact) mass is 354 g/mol. The van der Waals surface area contributed by atoms with Crippen LogP contribution < -0.4 is 10.1 Å². The molecule has 0 unspecified atom stereocenters. The van der Waals surface area contributed by atoms with Crippen molar-refractivity contribution in [3.8, 4) is 5.75 Å². The van der Waals surface area contributed by atoms with Crippen LogP contribution in [-0.2, 0) is 22.6 Å². The van der Waals surface area contributed by atoms with Crippen LogP contribution in [0, 0.1) is 6.92 Å². The summed E-state index contributed by atoms with van der Waals surface area (Å²) in [5.41, 5.74) is 3.53. The summed E-state index contributed by atoms with van der Waals surface area (Å²) >= 11 is 0. The Morgan fingerprint density at radius 1 is 1.04 bits per heavy atom. The lowest BCUT2D eigenvalue weighted by atomic mass is 10.1. The Hall–Kier alpha value is -2.37. The zero-order valence-corrected chi connectivity index (χ0v) is 15.2. The van der Waals surface area contributed by atoms with Gasteiger partial charge >= 0.3 is 0 Å². The normalized spacial score (nSPS) is 14.8. The number of hydrogen-bond donors (Lipinski definition) is 1. The first-order valence-corrected chi connectivity index (χ1v) is 9.03. The molecule has 1 aliphatic heterocycles. The SMILES string of the molecule is Cc1ccc(OCC(=O)NCc2ccc(CN3CCOCC3)cc2)cc1. The number of aryl methyl sites for hydroxylation is 1. The molecule has 0 atom stereocenters. The lowest BCUT2D eigenvalue weighted by molar-refractivity contribution is -0.123. The van der Waals surface area contributed by atoms with Gasteiger partial charge in [0.1, 0.15) is 5.75 Å². The standard InChI is InChI=1S/C21H26N2O3/c1-17-2-8-20(9-3-17)26-16-21(24)22-14-18-4-6-19(7-5-18)15-23-10-12-25-13-11-23/h2-9H,10-16H2,1H3,(H,22,24). The second-order valence-electron chi connectivity index (χ2n) is 6.58. The van der Waals surface area contributed by atoms with Crippen molar-refractivity contribution in [2.45, 2.75) is 20.0 Å². The first kappa shape index (κ1) is 18.4. The van der Waals surface area contributed by atoms with Gasteiger partial charge in [-0.2, -0.15) is 0 Å². The van der Waals surface area contributed by atoms with E-state index in [1.54, 1.807) is 0 Å². The van der Waals surface area contributed by atoms with Crippen LogP contribution in [0.25, 0.3) is 0 Å². The van der Waals surface area contributed by atoms with E-state index in [1.807, 2.05) is 31.2 Å². The van der Waals surface area contributed by atoms with Crippen molar-refractivity contribution >= 4 is 5.91 Å². The molecule has 5 heteroatoms. The molecule has 2 aromatic rings. The molecule has 0 bridgehead atoms. The summed E-state index contributed by atoms with van der Waals surface area (Å²) in [6.45, 7) is 7.09. The summed E-state index contributed by atoms with van der Waals surface area (Å²) in [5, 5.41) is 2.89. The lowest BCUT2D eigenvalue weighted by Gasteiger charge is -2.26. The summed E-state index contributed by atoms with van der Waals surface area (Å²) in [7, 11) is 0. The van der Waals surface area contributed by atoms with Gasteiger partial charge in [0, 0.05) is 26.2 Å². The van der Waals surface area contributed by atoms with Crippen LogP contribution in [0.2, 0.25) is 0 Å². The van der Waals surface area contributed by atoms with Crippen molar-refractivity contribution in [2.24, 2.45) is 0 Å². The van der Waals surface area contributed by atoms with E-state index in [1.165, 1.54) is 11.1 Å². The maximum atomic E-state index is 11.9. The van der Waals surface area contributed by atoms with E-state index >= 15 is 0 Å². The molecule has 1 amide bonds. The number of carbonyl (C=O) groups excluding carboxylic acids is 1. The fraction of sp³-hybridized carbons (Fsp3) is 0.381. The molecule has 1 aliphatic rings. The third-order valence-corrected chi connectivity index (χ3v) is 4.41. The van der Waals surface area contributed by atoms with Crippen molar-refractivity contribution in [3.63, 3.8) is 0 Å². The molecule has 5 nitrogen and oxygen atoms in total. The number of nitrogens with one attached hydrogen (secondary N) is 1. The van der Waals surface area contributed by atoms with E-state index in [2.05, 4.69) is 34.5 Å². The fourth-order valence-electron chi connectivity index (χ4n) is 2.82. The number of morpholine rings is 1. The number of ether oxygens (including phenoxy) is 2. The van der Waals surface area contributed by atoms with Crippen LogP contribution in [0.1, 0.15) is 16.7 Å². The van der Waals surface area contributed by atoms with Crippen molar-refractivity contribution in [2.75, 3.05) is 32.9 Å². The largest absolute Gasteiger partial charge is 0.484 e. The van der Waals surface area contributed by atoms with E-state index in [0.717, 1.165) is 38.4 Å². The average molecular weight is 354 g/mol. The Morgan fingerprint density at radius 2 is 1.69 bits per heavy atom. The maximum absolute atomic E-state index is 11.9. The molecule has 1 N–H and O–H groups in total. The quantitative estimate of drug-likeness (QED) is 0.830. The van der Waals surface area contributed by atoms with E-state index in [9.17, 15) is 4.79 Å². The fourth-order valence-corrected chi connectivity index (χ4v) is 2.82. The van der Waals surface area contributed by atoms with Crippen LogP contribution in [0.15, 0.2) is 48.5 Å². The summed E-state index contributed by atoms with van der Waals surface area (Å²) in [5.74, 6) is 0.584. The first-order chi connectivity index (χ1) is 12.7. The van der Waals surface area contributed by atoms with Gasteiger partial charge in [0.05, 0.1) is 13.2 Å². The van der Waals surface area contributed by atoms with Gasteiger partial charge in [-0.05, 0) is 30.2 Å². The van der Waals surface area contributed by atoms with E-state index in [-0.39, 0.29) is 12.5 Å². The molecule has 0 aliphatic carbocycles. The highest BCUT2D eigenvalue weighted by atomic mass is 16.5. The van der Waals surface area contributed by atoms with Crippen molar-refractivity contribution in [1.82, 2.24) is 10.2 Å². The van der Waals surface area contributed by atoms with Crippen molar-refractivity contribution in [1.29, 1.82) is 0 Å². The summed E-state index contributed by atoms with van der Waals surface area (Å²) < 4.78 is 10.9. The van der Waals surface area contributed by atoms with Gasteiger partial charge in [-0.3, -0.25) is 9.69 Å². The zero-order chi connectivity index (χ0) is 18.2. The Labute approximate surface area is 154 Å². The van der Waals surface area contributed by atoms with E-state index in [4.69, 9.17) is 9.47 Å². The molecule has 1 saturated heterocycles. The third kappa shape index (κ3) is 5.86. The van der Waals surface area contributed by atoms with Crippen LogP contribution in [0.3, 0.4) is 0 Å². The zero-order valence-electron chi connectivity index (χ0n) is 15.2. The minimum absolute atomic E-state index is 0.0260. The molecule has 3 rings (SSSR count). The van der Waals surface area contributed by atoms with Gasteiger partial charge in [-0.15, -0.1) is 0 Å². The van der Waals surface area contributed by atoms with Gasteiger partial charge in [0.2, 0.25) is 0 Å². The van der Waals surface area contributed by atoms with Gasteiger partial charge in [-0.1, -0.05) is 42.0 Å². The van der Waals surface area contributed by atoms with Gasteiger partial charge in [-0.25, -0.2) is 0 Å². The number of benzene rings is 2. The highest BCUT2D eigenvalue weighted by Gasteiger charge is 2.10. The van der Waals surface area contributed by atoms with Gasteiger partial charge in [0.15, 0.2) is 6.61 Å². The van der Waals surface area contributed by atoms with Crippen LogP contribution in [-0.4, -0.2) is 43.7 Å². The molecule has 2 aromatic carbocycles. The van der Waals surface area contributed by atoms with Crippen LogP contribution in [0.4, 0.5) is 0 Å². The summed E-state index contributed by atoms with van der Waals surface area (Å²) in [4.78, 5) is 14.3. The number of hydrogen-bond acceptors (Lipinski definition) is 4. The topological polar surface area (TPSA) is 50.8 Å². The first-order valence-electron chi connectivity index (χ1n) is 9.03. The molecule has 26 heavy (non-hydrogen) atoms. The summed E-state index contributed by atoms with van der Waals surface area (Å²) in [6, 6.07) is 16.1. The minimum atomic E-state index is -0.122. The smallest absolute Gasteiger partial charge is 0.258 e. The maximum Gasteiger partial charge on any atom is 0.258 e. The predicted octanol–water partition coefficient (Wildman–Crippen LogP) is 2.52. The Balaban J connectivity index is 1.39. The highest BCUT2D eigenvalue weighted by molar-refractivity contribution is 5.77. The predicted molar refractivity (Wildman–Crippen MR) is 101 cm³/mol. The van der Waals surface area contributed by atoms with Crippen molar-refractivity contribution in [3.05, 3.63) is 65.2 Å². The second-order valence-corrected chi connectivity index (χ2v) is 6.58. The second kappa shape index (κ2) is 9.36. The molecule has 0 radical (unpaired) electrons. The number of rotatable bonds is 7. The minimum Gasteiger partial charge on any atom is -0.484 e. The Kier molecular flexibility index (Phi) is 6.63. The highest BCUT2D eigenvalue weighted by Crippen LogP contribution is 2.11. The molecular formula is C21H26N2O3. The lowest BCUT2D eigenvalue weighted by Crippen LogP contribution is -2.35. The van der Waals surface area contributed by atoms with Crippen molar-refractivity contribution < 1.29 is 14.3 Å². The van der Waals surface area contributed by atoms with Gasteiger partial charge in [0.25, 0.3) is 5.91 Å². The van der Waals surface area contributed by atoms with Crippen LogP contribution >= 0.6 is 0 Å². The molecular weight excluding hydrogens is 328 g/mol. The third-order valence-electron chi connectivity index (χ3n) is 4.41. The van der Waals surface area contributed by atoms with E-state index in [0.29, 0.717) is 12.3 Å². The van der Waals surface area contributed by atoms with Crippen LogP contribution in [0.5, 0.6) is 5.75 Å². The number of carbonyl (C=O) groups is 1. The Morgan fingerprint density at radius 3 is 2.38 bits per heavy atom. The molecule has 1 fully saturated rings. The molecule has 0 saturated carbocycles. The Bertz CT molecular complexity index is 692. The average Bonchev–Trinajstić information content (AvgIpc) is 2.68. The number of amides is 1. The molecule has 138 valence electrons. The molecule has 0 aromatic heterocycles.